The molecule has 3 fully saturated rings. The summed E-state index contributed by atoms with van der Waals surface area (Å²) < 4.78 is 19.8. The number of methoxy groups -OCH3 is 1. The Morgan fingerprint density at radius 1 is 1.39 bits per heavy atom. The molecule has 0 amide bonds. The fourth-order valence-corrected chi connectivity index (χ4v) is 4.06. The number of nitrogens with two attached hydrogens (primary N) is 1. The summed E-state index contributed by atoms with van der Waals surface area (Å²) in [7, 11) is 1.57. The molecule has 4 rings (SSSR count). The Hall–Kier alpha value is -2.25. The van der Waals surface area contributed by atoms with E-state index in [4.69, 9.17) is 10.5 Å². The molecule has 3 aliphatic rings. The van der Waals surface area contributed by atoms with Gasteiger partial charge in [0.25, 0.3) is 0 Å². The van der Waals surface area contributed by atoms with Crippen LogP contribution in [0.3, 0.4) is 0 Å². The van der Waals surface area contributed by atoms with Crippen molar-refractivity contribution in [1.82, 2.24) is 10.2 Å². The first-order valence-corrected chi connectivity index (χ1v) is 9.74. The molecule has 1 aromatic rings. The summed E-state index contributed by atoms with van der Waals surface area (Å²) >= 11 is 0. The SMILES string of the molecule is C=N/C(C)=C(/N)C(=NCc1ccc(C2CN3CCC2CC3)cc1F)NCOC. The predicted octanol–water partition coefficient (Wildman–Crippen LogP) is 2.62. The summed E-state index contributed by atoms with van der Waals surface area (Å²) in [5, 5.41) is 2.98. The molecule has 3 saturated heterocycles. The molecule has 6 nitrogen and oxygen atoms in total. The van der Waals surface area contributed by atoms with Gasteiger partial charge in [0.15, 0.2) is 0 Å². The molecule has 0 spiro atoms. The lowest BCUT2D eigenvalue weighted by Crippen LogP contribution is -2.46. The lowest BCUT2D eigenvalue weighted by Gasteiger charge is -2.45. The molecular weight excluding hydrogens is 357 g/mol. The van der Waals surface area contributed by atoms with Crippen molar-refractivity contribution >= 4 is 12.6 Å². The highest BCUT2D eigenvalue weighted by atomic mass is 19.1. The number of ether oxygens (including phenoxy) is 1. The Bertz CT molecular complexity index is 768. The molecule has 1 atom stereocenters. The van der Waals surface area contributed by atoms with E-state index >= 15 is 0 Å². The molecule has 152 valence electrons. The van der Waals surface area contributed by atoms with E-state index in [9.17, 15) is 4.39 Å². The van der Waals surface area contributed by atoms with Crippen LogP contribution in [0.5, 0.6) is 0 Å². The zero-order valence-corrected chi connectivity index (χ0v) is 16.7. The van der Waals surface area contributed by atoms with Gasteiger partial charge in [0.2, 0.25) is 0 Å². The first-order chi connectivity index (χ1) is 13.5. The fourth-order valence-electron chi connectivity index (χ4n) is 4.06. The molecule has 1 aromatic carbocycles. The molecule has 0 saturated carbocycles. The molecule has 28 heavy (non-hydrogen) atoms. The molecule has 3 aliphatic heterocycles. The minimum absolute atomic E-state index is 0.184. The number of hydrogen-bond donors (Lipinski definition) is 2. The van der Waals surface area contributed by atoms with Crippen LogP contribution in [-0.2, 0) is 11.3 Å². The average molecular weight is 388 g/mol. The number of hydrogen-bond acceptors (Lipinski definition) is 5. The minimum Gasteiger partial charge on any atom is -0.394 e. The Balaban J connectivity index is 1.76. The molecule has 0 radical (unpaired) electrons. The van der Waals surface area contributed by atoms with Gasteiger partial charge in [-0.15, -0.1) is 0 Å². The van der Waals surface area contributed by atoms with Crippen molar-refractivity contribution in [2.24, 2.45) is 21.6 Å². The molecule has 1 unspecified atom stereocenters. The number of piperidine rings is 3. The second kappa shape index (κ2) is 9.30. The second-order valence-corrected chi connectivity index (χ2v) is 7.53. The van der Waals surface area contributed by atoms with Crippen molar-refractivity contribution in [2.45, 2.75) is 32.2 Å². The number of halogens is 1. The van der Waals surface area contributed by atoms with Crippen LogP contribution in [0, 0.1) is 11.7 Å². The summed E-state index contributed by atoms with van der Waals surface area (Å²) in [5.74, 6) is 1.32. The summed E-state index contributed by atoms with van der Waals surface area (Å²) in [6, 6.07) is 5.59. The highest BCUT2D eigenvalue weighted by molar-refractivity contribution is 5.98. The number of aliphatic imine (C=N–C) groups is 2. The van der Waals surface area contributed by atoms with E-state index in [0.29, 0.717) is 34.6 Å². The lowest BCUT2D eigenvalue weighted by atomic mass is 9.75. The third-order valence-corrected chi connectivity index (χ3v) is 5.83. The molecule has 7 heteroatoms. The maximum Gasteiger partial charge on any atom is 0.148 e. The number of nitrogens with one attached hydrogen (secondary N) is 1. The van der Waals surface area contributed by atoms with E-state index in [-0.39, 0.29) is 19.1 Å². The van der Waals surface area contributed by atoms with E-state index < -0.39 is 0 Å². The van der Waals surface area contributed by atoms with Crippen LogP contribution in [0.4, 0.5) is 4.39 Å². The van der Waals surface area contributed by atoms with E-state index in [1.54, 1.807) is 20.1 Å². The zero-order valence-electron chi connectivity index (χ0n) is 16.7. The van der Waals surface area contributed by atoms with Gasteiger partial charge in [0, 0.05) is 19.2 Å². The fraction of sp³-hybridized carbons (Fsp3) is 0.524. The first-order valence-electron chi connectivity index (χ1n) is 9.74. The molecule has 2 bridgehead atoms. The van der Waals surface area contributed by atoms with Gasteiger partial charge in [-0.1, -0.05) is 12.1 Å². The number of amidine groups is 1. The Labute approximate surface area is 166 Å². The van der Waals surface area contributed by atoms with Crippen LogP contribution in [0.15, 0.2) is 39.6 Å². The van der Waals surface area contributed by atoms with Gasteiger partial charge in [0.1, 0.15) is 18.4 Å². The summed E-state index contributed by atoms with van der Waals surface area (Å²) in [5.41, 5.74) is 8.64. The lowest BCUT2D eigenvalue weighted by molar-refractivity contribution is 0.0870. The van der Waals surface area contributed by atoms with Crippen molar-refractivity contribution in [1.29, 1.82) is 0 Å². The van der Waals surface area contributed by atoms with Gasteiger partial charge in [-0.3, -0.25) is 9.98 Å². The number of fused-ring (bicyclic) bond motifs is 3. The Morgan fingerprint density at radius 2 is 2.14 bits per heavy atom. The third kappa shape index (κ3) is 4.59. The van der Waals surface area contributed by atoms with E-state index in [2.05, 4.69) is 33.0 Å². The Morgan fingerprint density at radius 3 is 2.71 bits per heavy atom. The normalized spacial score (nSPS) is 25.4. The van der Waals surface area contributed by atoms with Gasteiger partial charge in [-0.2, -0.15) is 0 Å². The largest absolute Gasteiger partial charge is 0.394 e. The monoisotopic (exact) mass is 387 g/mol. The van der Waals surface area contributed by atoms with Gasteiger partial charge in [-0.25, -0.2) is 4.39 Å². The molecule has 3 heterocycles. The van der Waals surface area contributed by atoms with Crippen LogP contribution in [0.1, 0.15) is 36.8 Å². The van der Waals surface area contributed by atoms with E-state index in [1.165, 1.54) is 25.9 Å². The van der Waals surface area contributed by atoms with Crippen LogP contribution < -0.4 is 11.1 Å². The summed E-state index contributed by atoms with van der Waals surface area (Å²) in [4.78, 5) is 10.8. The highest BCUT2D eigenvalue weighted by Crippen LogP contribution is 2.39. The van der Waals surface area contributed by atoms with E-state index in [0.717, 1.165) is 12.1 Å². The number of rotatable bonds is 7. The predicted molar refractivity (Wildman–Crippen MR) is 111 cm³/mol. The quantitative estimate of drug-likeness (QED) is 0.428. The van der Waals surface area contributed by atoms with Crippen molar-refractivity contribution in [3.63, 3.8) is 0 Å². The molecule has 0 aliphatic carbocycles. The van der Waals surface area contributed by atoms with Crippen molar-refractivity contribution < 1.29 is 9.13 Å². The smallest absolute Gasteiger partial charge is 0.148 e. The van der Waals surface area contributed by atoms with Crippen LogP contribution >= 0.6 is 0 Å². The van der Waals surface area contributed by atoms with Gasteiger partial charge < -0.3 is 20.7 Å². The van der Waals surface area contributed by atoms with Crippen molar-refractivity contribution in [2.75, 3.05) is 33.5 Å². The maximum atomic E-state index is 14.8. The maximum absolute atomic E-state index is 14.8. The minimum atomic E-state index is -0.218. The van der Waals surface area contributed by atoms with Crippen LogP contribution in [-0.4, -0.2) is 50.9 Å². The second-order valence-electron chi connectivity index (χ2n) is 7.53. The van der Waals surface area contributed by atoms with Crippen molar-refractivity contribution in [3.05, 3.63) is 46.5 Å². The van der Waals surface area contributed by atoms with Gasteiger partial charge in [-0.05, 0) is 63.0 Å². The summed E-state index contributed by atoms with van der Waals surface area (Å²) in [6.07, 6.45) is 2.43. The molecular formula is C21H30FN5O. The number of allylic oxidation sites excluding steroid dienone is 1. The van der Waals surface area contributed by atoms with Crippen LogP contribution in [0.2, 0.25) is 0 Å². The van der Waals surface area contributed by atoms with E-state index in [1.807, 2.05) is 6.07 Å². The average Bonchev–Trinajstić information content (AvgIpc) is 2.74. The number of benzene rings is 1. The van der Waals surface area contributed by atoms with Gasteiger partial charge in [0.05, 0.1) is 17.9 Å². The molecule has 0 aromatic heterocycles. The third-order valence-electron chi connectivity index (χ3n) is 5.83. The molecule has 3 N–H and O–H groups in total. The Kier molecular flexibility index (Phi) is 6.80. The zero-order chi connectivity index (χ0) is 20.1. The van der Waals surface area contributed by atoms with Crippen LogP contribution in [0.25, 0.3) is 0 Å². The topological polar surface area (TPSA) is 75.2 Å². The standard InChI is InChI=1S/C21H30FN5O/c1-14(24-2)20(23)21(26-13-28-3)25-11-17-5-4-16(10-19(17)22)18-12-27-8-6-15(18)7-9-27/h4-5,10,15,18H,2,6-9,11-13,23H2,1,3H3,(H,25,26)/b20-14+. The van der Waals surface area contributed by atoms with Gasteiger partial charge >= 0.3 is 0 Å². The summed E-state index contributed by atoms with van der Waals surface area (Å²) in [6.45, 7) is 9.06. The first kappa shape index (κ1) is 20.5. The van der Waals surface area contributed by atoms with Crippen molar-refractivity contribution in [3.8, 4) is 0 Å². The highest BCUT2D eigenvalue weighted by Gasteiger charge is 2.35. The number of nitrogens with zero attached hydrogens (tertiary/aromatic N) is 3.